The van der Waals surface area contributed by atoms with Crippen LogP contribution in [0.4, 0.5) is 5.95 Å². The molecule has 2 aliphatic rings. The molecular formula is C13H20N4O. The molecule has 3 rings (SSSR count). The lowest BCUT2D eigenvalue weighted by Gasteiger charge is -2.29. The number of piperidine rings is 1. The van der Waals surface area contributed by atoms with Gasteiger partial charge in [0.2, 0.25) is 5.95 Å². The largest absolute Gasteiger partial charge is 0.342 e. The summed E-state index contributed by atoms with van der Waals surface area (Å²) < 4.78 is 0. The van der Waals surface area contributed by atoms with E-state index >= 15 is 0 Å². The average Bonchev–Trinajstić information content (AvgIpc) is 2.40. The fraction of sp³-hybridized carbons (Fsp3) is 0.692. The Morgan fingerprint density at radius 2 is 1.94 bits per heavy atom. The molecule has 0 radical (unpaired) electrons. The van der Waals surface area contributed by atoms with Gasteiger partial charge in [0.1, 0.15) is 0 Å². The van der Waals surface area contributed by atoms with Gasteiger partial charge in [-0.25, -0.2) is 4.98 Å². The summed E-state index contributed by atoms with van der Waals surface area (Å²) in [6.45, 7) is 3.74. The van der Waals surface area contributed by atoms with Crippen LogP contribution in [0.5, 0.6) is 0 Å². The van der Waals surface area contributed by atoms with Crippen molar-refractivity contribution >= 4 is 5.95 Å². The molecule has 98 valence electrons. The predicted molar refractivity (Wildman–Crippen MR) is 71.0 cm³/mol. The van der Waals surface area contributed by atoms with Crippen molar-refractivity contribution in [3.05, 3.63) is 21.6 Å². The highest BCUT2D eigenvalue weighted by Crippen LogP contribution is 2.18. The van der Waals surface area contributed by atoms with Crippen LogP contribution >= 0.6 is 0 Å². The zero-order chi connectivity index (χ0) is 12.5. The minimum absolute atomic E-state index is 0.0483. The summed E-state index contributed by atoms with van der Waals surface area (Å²) in [5.41, 5.74) is 1.90. The maximum Gasteiger partial charge on any atom is 0.257 e. The number of nitrogens with zero attached hydrogens (tertiary/aromatic N) is 3. The number of likely N-dealkylation sites (N-methyl/N-ethyl adjacent to an activating group) is 1. The Bertz CT molecular complexity index is 490. The molecule has 1 fully saturated rings. The van der Waals surface area contributed by atoms with Crippen molar-refractivity contribution < 1.29 is 0 Å². The first-order valence-corrected chi connectivity index (χ1v) is 6.79. The minimum Gasteiger partial charge on any atom is -0.342 e. The third kappa shape index (κ3) is 2.14. The number of aromatic amines is 1. The molecule has 1 aromatic heterocycles. The van der Waals surface area contributed by atoms with Gasteiger partial charge in [0.25, 0.3) is 5.56 Å². The first kappa shape index (κ1) is 11.7. The maximum absolute atomic E-state index is 12.1. The van der Waals surface area contributed by atoms with Crippen LogP contribution in [-0.2, 0) is 13.0 Å². The fourth-order valence-electron chi connectivity index (χ4n) is 2.80. The van der Waals surface area contributed by atoms with E-state index in [0.29, 0.717) is 0 Å². The standard InChI is InChI=1S/C13H20N4O/c1-16-8-5-11-10(9-16)12(18)15-13(14-11)17-6-3-2-4-7-17/h2-9H2,1H3,(H,14,15,18). The Labute approximate surface area is 107 Å². The van der Waals surface area contributed by atoms with Gasteiger partial charge in [0.05, 0.1) is 11.3 Å². The highest BCUT2D eigenvalue weighted by molar-refractivity contribution is 5.34. The van der Waals surface area contributed by atoms with Gasteiger partial charge in [0, 0.05) is 32.6 Å². The molecule has 1 saturated heterocycles. The van der Waals surface area contributed by atoms with E-state index in [-0.39, 0.29) is 5.56 Å². The quantitative estimate of drug-likeness (QED) is 0.797. The van der Waals surface area contributed by atoms with Gasteiger partial charge >= 0.3 is 0 Å². The smallest absolute Gasteiger partial charge is 0.257 e. The number of rotatable bonds is 1. The molecule has 0 saturated carbocycles. The molecule has 18 heavy (non-hydrogen) atoms. The van der Waals surface area contributed by atoms with Crippen LogP contribution in [0.1, 0.15) is 30.5 Å². The van der Waals surface area contributed by atoms with E-state index in [9.17, 15) is 4.79 Å². The second kappa shape index (κ2) is 4.72. The lowest BCUT2D eigenvalue weighted by molar-refractivity contribution is 0.307. The van der Waals surface area contributed by atoms with E-state index < -0.39 is 0 Å². The lowest BCUT2D eigenvalue weighted by Crippen LogP contribution is -2.37. The van der Waals surface area contributed by atoms with Crippen LogP contribution in [0.15, 0.2) is 4.79 Å². The van der Waals surface area contributed by atoms with Crippen LogP contribution in [0.2, 0.25) is 0 Å². The van der Waals surface area contributed by atoms with E-state index in [1.165, 1.54) is 19.3 Å². The van der Waals surface area contributed by atoms with E-state index in [2.05, 4.69) is 19.8 Å². The number of fused-ring (bicyclic) bond motifs is 1. The summed E-state index contributed by atoms with van der Waals surface area (Å²) in [6, 6.07) is 0. The summed E-state index contributed by atoms with van der Waals surface area (Å²) in [5.74, 6) is 0.781. The first-order chi connectivity index (χ1) is 8.74. The van der Waals surface area contributed by atoms with Crippen molar-refractivity contribution in [2.45, 2.75) is 32.2 Å². The van der Waals surface area contributed by atoms with Crippen molar-refractivity contribution in [2.75, 3.05) is 31.6 Å². The minimum atomic E-state index is 0.0483. The van der Waals surface area contributed by atoms with Gasteiger partial charge in [-0.15, -0.1) is 0 Å². The van der Waals surface area contributed by atoms with Gasteiger partial charge in [-0.2, -0.15) is 0 Å². The average molecular weight is 248 g/mol. The third-order valence-corrected chi connectivity index (χ3v) is 3.90. The molecule has 5 heteroatoms. The Kier molecular flexibility index (Phi) is 3.07. The van der Waals surface area contributed by atoms with E-state index in [1.807, 2.05) is 7.05 Å². The molecule has 0 unspecified atom stereocenters. The molecular weight excluding hydrogens is 228 g/mol. The molecule has 1 aromatic rings. The number of anilines is 1. The van der Waals surface area contributed by atoms with Crippen LogP contribution in [0.25, 0.3) is 0 Å². The molecule has 2 aliphatic heterocycles. The predicted octanol–water partition coefficient (Wildman–Crippen LogP) is 0.748. The number of nitrogens with one attached hydrogen (secondary N) is 1. The van der Waals surface area contributed by atoms with Crippen LogP contribution in [0.3, 0.4) is 0 Å². The molecule has 3 heterocycles. The molecule has 0 aliphatic carbocycles. The topological polar surface area (TPSA) is 52.2 Å². The fourth-order valence-corrected chi connectivity index (χ4v) is 2.80. The van der Waals surface area contributed by atoms with Crippen molar-refractivity contribution in [1.82, 2.24) is 14.9 Å². The van der Waals surface area contributed by atoms with Gasteiger partial charge in [-0.3, -0.25) is 9.78 Å². The molecule has 0 bridgehead atoms. The summed E-state index contributed by atoms with van der Waals surface area (Å²) in [6.07, 6.45) is 4.57. The highest BCUT2D eigenvalue weighted by atomic mass is 16.1. The second-order valence-electron chi connectivity index (χ2n) is 5.35. The van der Waals surface area contributed by atoms with Gasteiger partial charge in [0.15, 0.2) is 0 Å². The van der Waals surface area contributed by atoms with Crippen LogP contribution < -0.4 is 10.5 Å². The van der Waals surface area contributed by atoms with Gasteiger partial charge in [-0.05, 0) is 26.3 Å². The van der Waals surface area contributed by atoms with Crippen molar-refractivity contribution in [3.8, 4) is 0 Å². The molecule has 1 N–H and O–H groups in total. The SMILES string of the molecule is CN1CCc2nc(N3CCCCC3)[nH]c(=O)c2C1. The van der Waals surface area contributed by atoms with Crippen LogP contribution in [-0.4, -0.2) is 41.5 Å². The maximum atomic E-state index is 12.1. The van der Waals surface area contributed by atoms with E-state index in [4.69, 9.17) is 0 Å². The molecule has 0 spiro atoms. The lowest BCUT2D eigenvalue weighted by atomic mass is 10.1. The number of hydrogen-bond donors (Lipinski definition) is 1. The van der Waals surface area contributed by atoms with Crippen molar-refractivity contribution in [1.29, 1.82) is 0 Å². The highest BCUT2D eigenvalue weighted by Gasteiger charge is 2.21. The van der Waals surface area contributed by atoms with Gasteiger partial charge in [-0.1, -0.05) is 0 Å². The van der Waals surface area contributed by atoms with E-state index in [0.717, 1.165) is 49.8 Å². The number of H-pyrrole nitrogens is 1. The zero-order valence-electron chi connectivity index (χ0n) is 10.9. The van der Waals surface area contributed by atoms with Crippen LogP contribution in [0, 0.1) is 0 Å². The van der Waals surface area contributed by atoms with Crippen molar-refractivity contribution in [3.63, 3.8) is 0 Å². The van der Waals surface area contributed by atoms with E-state index in [1.54, 1.807) is 0 Å². The third-order valence-electron chi connectivity index (χ3n) is 3.90. The number of aromatic nitrogens is 2. The summed E-state index contributed by atoms with van der Waals surface area (Å²) in [7, 11) is 2.04. The molecule has 5 nitrogen and oxygen atoms in total. The monoisotopic (exact) mass is 248 g/mol. The molecule has 0 atom stereocenters. The molecule has 0 aromatic carbocycles. The Balaban J connectivity index is 1.93. The summed E-state index contributed by atoms with van der Waals surface area (Å²) in [5, 5.41) is 0. The Morgan fingerprint density at radius 3 is 2.72 bits per heavy atom. The summed E-state index contributed by atoms with van der Waals surface area (Å²) in [4.78, 5) is 24.1. The normalized spacial score (nSPS) is 20.8. The summed E-state index contributed by atoms with van der Waals surface area (Å²) >= 11 is 0. The van der Waals surface area contributed by atoms with Gasteiger partial charge < -0.3 is 9.80 Å². The zero-order valence-corrected chi connectivity index (χ0v) is 10.9. The molecule has 0 amide bonds. The second-order valence-corrected chi connectivity index (χ2v) is 5.35. The van der Waals surface area contributed by atoms with Crippen molar-refractivity contribution in [2.24, 2.45) is 0 Å². The Morgan fingerprint density at radius 1 is 1.17 bits per heavy atom. The first-order valence-electron chi connectivity index (χ1n) is 6.79. The Hall–Kier alpha value is -1.36. The number of hydrogen-bond acceptors (Lipinski definition) is 4.